The van der Waals surface area contributed by atoms with Crippen molar-refractivity contribution in [2.24, 2.45) is 5.92 Å². The second-order valence-corrected chi connectivity index (χ2v) is 6.69. The zero-order chi connectivity index (χ0) is 18.5. The van der Waals surface area contributed by atoms with E-state index in [1.807, 2.05) is 24.3 Å². The Kier molecular flexibility index (Phi) is 5.81. The van der Waals surface area contributed by atoms with Crippen LogP contribution in [0.4, 0.5) is 5.88 Å². The van der Waals surface area contributed by atoms with Crippen molar-refractivity contribution < 1.29 is 19.1 Å². The van der Waals surface area contributed by atoms with Gasteiger partial charge in [0, 0.05) is 25.1 Å². The summed E-state index contributed by atoms with van der Waals surface area (Å²) >= 11 is 0. The molecule has 6 heteroatoms. The summed E-state index contributed by atoms with van der Waals surface area (Å²) in [5.41, 5.74) is 1.81. The standard InChI is InChI=1S/C20H26N2O4/c1-3-4-5-17-21-18(14-6-8-16(25-2)9-7-14)19(26-17)22-12-10-15(11-13-22)20(23)24/h6-9,15H,3-5,10-13H2,1-2H3,(H,23,24). The number of piperidine rings is 1. The Morgan fingerprint density at radius 1 is 1.31 bits per heavy atom. The van der Waals surface area contributed by atoms with Gasteiger partial charge in [0.1, 0.15) is 11.4 Å². The van der Waals surface area contributed by atoms with Gasteiger partial charge >= 0.3 is 5.97 Å². The largest absolute Gasteiger partial charge is 0.497 e. The molecule has 6 nitrogen and oxygen atoms in total. The number of ether oxygens (including phenoxy) is 1. The first-order valence-electron chi connectivity index (χ1n) is 9.24. The van der Waals surface area contributed by atoms with Gasteiger partial charge in [-0.25, -0.2) is 4.98 Å². The van der Waals surface area contributed by atoms with Gasteiger partial charge in [-0.1, -0.05) is 13.3 Å². The molecule has 0 radical (unpaired) electrons. The molecule has 3 rings (SSSR count). The Bertz CT molecular complexity index is 731. The van der Waals surface area contributed by atoms with E-state index in [0.29, 0.717) is 25.9 Å². The molecule has 2 aromatic rings. The minimum atomic E-state index is -0.707. The number of hydrogen-bond donors (Lipinski definition) is 1. The zero-order valence-corrected chi connectivity index (χ0v) is 15.4. The third kappa shape index (κ3) is 4.00. The quantitative estimate of drug-likeness (QED) is 0.806. The van der Waals surface area contributed by atoms with Crippen molar-refractivity contribution >= 4 is 11.9 Å². The Balaban J connectivity index is 1.87. The highest BCUT2D eigenvalue weighted by atomic mass is 16.5. The van der Waals surface area contributed by atoms with E-state index in [4.69, 9.17) is 14.1 Å². The smallest absolute Gasteiger partial charge is 0.306 e. The fourth-order valence-electron chi connectivity index (χ4n) is 3.27. The number of benzene rings is 1. The predicted molar refractivity (Wildman–Crippen MR) is 99.7 cm³/mol. The Hall–Kier alpha value is -2.50. The monoisotopic (exact) mass is 358 g/mol. The van der Waals surface area contributed by atoms with Crippen LogP contribution in [0.3, 0.4) is 0 Å². The third-order valence-corrected chi connectivity index (χ3v) is 4.89. The van der Waals surface area contributed by atoms with Gasteiger partial charge in [-0.15, -0.1) is 0 Å². The summed E-state index contributed by atoms with van der Waals surface area (Å²) in [4.78, 5) is 18.1. The molecule has 0 bridgehead atoms. The van der Waals surface area contributed by atoms with Crippen LogP contribution >= 0.6 is 0 Å². The van der Waals surface area contributed by atoms with Crippen molar-refractivity contribution in [3.8, 4) is 17.0 Å². The molecule has 1 N–H and O–H groups in total. The average Bonchev–Trinajstić information content (AvgIpc) is 3.10. The predicted octanol–water partition coefficient (Wildman–Crippen LogP) is 3.99. The van der Waals surface area contributed by atoms with Gasteiger partial charge in [-0.3, -0.25) is 4.79 Å². The van der Waals surface area contributed by atoms with Crippen LogP contribution in [-0.4, -0.2) is 36.3 Å². The summed E-state index contributed by atoms with van der Waals surface area (Å²) in [6, 6.07) is 7.79. The summed E-state index contributed by atoms with van der Waals surface area (Å²) in [5, 5.41) is 9.21. The Labute approximate surface area is 153 Å². The summed E-state index contributed by atoms with van der Waals surface area (Å²) in [6.07, 6.45) is 4.18. The molecular weight excluding hydrogens is 332 g/mol. The van der Waals surface area contributed by atoms with Gasteiger partial charge < -0.3 is 19.2 Å². The topological polar surface area (TPSA) is 75.8 Å². The maximum absolute atomic E-state index is 11.2. The van der Waals surface area contributed by atoms with Crippen molar-refractivity contribution in [2.45, 2.75) is 39.0 Å². The van der Waals surface area contributed by atoms with Crippen molar-refractivity contribution in [2.75, 3.05) is 25.1 Å². The van der Waals surface area contributed by atoms with Crippen molar-refractivity contribution in [1.29, 1.82) is 0 Å². The van der Waals surface area contributed by atoms with Gasteiger partial charge in [0.15, 0.2) is 5.89 Å². The first kappa shape index (κ1) is 18.3. The molecule has 0 unspecified atom stereocenters. The van der Waals surface area contributed by atoms with Crippen LogP contribution in [0.15, 0.2) is 28.7 Å². The lowest BCUT2D eigenvalue weighted by Crippen LogP contribution is -2.36. The zero-order valence-electron chi connectivity index (χ0n) is 15.4. The second-order valence-electron chi connectivity index (χ2n) is 6.69. The number of nitrogens with zero attached hydrogens (tertiary/aromatic N) is 2. The minimum absolute atomic E-state index is 0.266. The number of aliphatic carboxylic acids is 1. The third-order valence-electron chi connectivity index (χ3n) is 4.89. The lowest BCUT2D eigenvalue weighted by atomic mass is 9.97. The average molecular weight is 358 g/mol. The normalized spacial score (nSPS) is 15.2. The molecule has 0 atom stereocenters. The van der Waals surface area contributed by atoms with E-state index >= 15 is 0 Å². The molecule has 1 fully saturated rings. The minimum Gasteiger partial charge on any atom is -0.497 e. The molecule has 0 spiro atoms. The number of methoxy groups -OCH3 is 1. The summed E-state index contributed by atoms with van der Waals surface area (Å²) < 4.78 is 11.3. The van der Waals surface area contributed by atoms with E-state index in [1.165, 1.54) is 0 Å². The molecule has 0 aliphatic carbocycles. The van der Waals surface area contributed by atoms with E-state index in [1.54, 1.807) is 7.11 Å². The molecular formula is C20H26N2O4. The van der Waals surface area contributed by atoms with Crippen LogP contribution in [0.25, 0.3) is 11.3 Å². The number of carboxylic acids is 1. The van der Waals surface area contributed by atoms with E-state index in [2.05, 4.69) is 11.8 Å². The van der Waals surface area contributed by atoms with E-state index < -0.39 is 5.97 Å². The van der Waals surface area contributed by atoms with Crippen molar-refractivity contribution in [3.63, 3.8) is 0 Å². The molecule has 1 saturated heterocycles. The summed E-state index contributed by atoms with van der Waals surface area (Å²) in [6.45, 7) is 3.48. The number of unbranched alkanes of at least 4 members (excludes halogenated alkanes) is 1. The summed E-state index contributed by atoms with van der Waals surface area (Å²) in [7, 11) is 1.64. The van der Waals surface area contributed by atoms with Gasteiger partial charge in [-0.05, 0) is 43.5 Å². The van der Waals surface area contributed by atoms with E-state index in [0.717, 1.165) is 48.0 Å². The summed E-state index contributed by atoms with van der Waals surface area (Å²) in [5.74, 6) is 1.32. The van der Waals surface area contributed by atoms with Crippen LogP contribution in [0, 0.1) is 5.92 Å². The Morgan fingerprint density at radius 3 is 2.58 bits per heavy atom. The molecule has 2 heterocycles. The van der Waals surface area contributed by atoms with E-state index in [9.17, 15) is 9.90 Å². The molecule has 1 aliphatic rings. The number of anilines is 1. The van der Waals surface area contributed by atoms with Gasteiger partial charge in [0.05, 0.1) is 13.0 Å². The second kappa shape index (κ2) is 8.25. The van der Waals surface area contributed by atoms with Gasteiger partial charge in [0.2, 0.25) is 5.88 Å². The van der Waals surface area contributed by atoms with Crippen LogP contribution in [-0.2, 0) is 11.2 Å². The maximum atomic E-state index is 11.2. The highest BCUT2D eigenvalue weighted by Gasteiger charge is 2.28. The van der Waals surface area contributed by atoms with Crippen LogP contribution in [0.5, 0.6) is 5.75 Å². The van der Waals surface area contributed by atoms with Crippen LogP contribution in [0.2, 0.25) is 0 Å². The number of oxazole rings is 1. The van der Waals surface area contributed by atoms with Crippen molar-refractivity contribution in [3.05, 3.63) is 30.2 Å². The molecule has 1 aliphatic heterocycles. The number of carboxylic acid groups (broad SMARTS) is 1. The molecule has 140 valence electrons. The fraction of sp³-hybridized carbons (Fsp3) is 0.500. The van der Waals surface area contributed by atoms with Gasteiger partial charge in [-0.2, -0.15) is 0 Å². The number of rotatable bonds is 7. The number of aryl methyl sites for hydroxylation is 1. The van der Waals surface area contributed by atoms with Crippen molar-refractivity contribution in [1.82, 2.24) is 4.98 Å². The first-order chi connectivity index (χ1) is 12.6. The molecule has 1 aromatic heterocycles. The van der Waals surface area contributed by atoms with Crippen LogP contribution in [0.1, 0.15) is 38.5 Å². The molecule has 26 heavy (non-hydrogen) atoms. The van der Waals surface area contributed by atoms with Crippen LogP contribution < -0.4 is 9.64 Å². The first-order valence-corrected chi connectivity index (χ1v) is 9.24. The highest BCUT2D eigenvalue weighted by Crippen LogP contribution is 2.35. The molecule has 0 saturated carbocycles. The van der Waals surface area contributed by atoms with Gasteiger partial charge in [0.25, 0.3) is 0 Å². The lowest BCUT2D eigenvalue weighted by Gasteiger charge is -2.30. The molecule has 1 aromatic carbocycles. The highest BCUT2D eigenvalue weighted by molar-refractivity contribution is 5.73. The Morgan fingerprint density at radius 2 is 2.00 bits per heavy atom. The van der Waals surface area contributed by atoms with E-state index in [-0.39, 0.29) is 5.92 Å². The maximum Gasteiger partial charge on any atom is 0.306 e. The number of carbonyl (C=O) groups is 1. The number of hydrogen-bond acceptors (Lipinski definition) is 5. The SMILES string of the molecule is CCCCc1nc(-c2ccc(OC)cc2)c(N2CCC(C(=O)O)CC2)o1. The fourth-order valence-corrected chi connectivity index (χ4v) is 3.27. The number of aromatic nitrogens is 1. The lowest BCUT2D eigenvalue weighted by molar-refractivity contribution is -0.142. The molecule has 0 amide bonds.